The van der Waals surface area contributed by atoms with E-state index in [1.165, 1.54) is 7.11 Å². The van der Waals surface area contributed by atoms with E-state index in [-0.39, 0.29) is 18.0 Å². The van der Waals surface area contributed by atoms with Crippen molar-refractivity contribution in [3.63, 3.8) is 0 Å². The predicted molar refractivity (Wildman–Crippen MR) is 63.8 cm³/mol. The van der Waals surface area contributed by atoms with Crippen LogP contribution in [0.1, 0.15) is 19.4 Å². The van der Waals surface area contributed by atoms with Gasteiger partial charge in [-0.2, -0.15) is 0 Å². The molecule has 0 aromatic heterocycles. The molecule has 3 nitrogen and oxygen atoms in total. The molecule has 100 valence electrons. The highest BCUT2D eigenvalue weighted by atomic mass is 19.1. The summed E-state index contributed by atoms with van der Waals surface area (Å²) in [5, 5.41) is 2.87. The largest absolute Gasteiger partial charge is 0.468 e. The van der Waals surface area contributed by atoms with Gasteiger partial charge in [0, 0.05) is 12.1 Å². The van der Waals surface area contributed by atoms with Gasteiger partial charge in [-0.1, -0.05) is 13.8 Å². The minimum atomic E-state index is -0.544. The molecular weight excluding hydrogens is 240 g/mol. The number of carbonyl (C=O) groups excluding carboxylic acids is 1. The predicted octanol–water partition coefficient (Wildman–Crippen LogP) is 2.25. The van der Waals surface area contributed by atoms with Gasteiger partial charge in [0.15, 0.2) is 0 Å². The number of halogens is 2. The quantitative estimate of drug-likeness (QED) is 0.822. The number of esters is 1. The molecule has 0 aliphatic heterocycles. The molecule has 0 saturated heterocycles. The van der Waals surface area contributed by atoms with Gasteiger partial charge in [0.1, 0.15) is 17.7 Å². The smallest absolute Gasteiger partial charge is 0.323 e. The minimum Gasteiger partial charge on any atom is -0.468 e. The molecule has 0 fully saturated rings. The molecule has 0 aliphatic rings. The first-order valence-corrected chi connectivity index (χ1v) is 5.70. The Hall–Kier alpha value is -1.49. The van der Waals surface area contributed by atoms with Gasteiger partial charge in [0.2, 0.25) is 0 Å². The van der Waals surface area contributed by atoms with Gasteiger partial charge >= 0.3 is 5.97 Å². The van der Waals surface area contributed by atoms with Crippen LogP contribution in [0.25, 0.3) is 0 Å². The van der Waals surface area contributed by atoms with E-state index in [0.29, 0.717) is 0 Å². The van der Waals surface area contributed by atoms with E-state index < -0.39 is 23.6 Å². The summed E-state index contributed by atoms with van der Waals surface area (Å²) in [7, 11) is 1.29. The first-order valence-electron chi connectivity index (χ1n) is 5.70. The summed E-state index contributed by atoms with van der Waals surface area (Å²) in [6, 6.07) is 2.68. The zero-order chi connectivity index (χ0) is 13.7. The molecule has 1 rings (SSSR count). The van der Waals surface area contributed by atoms with Gasteiger partial charge < -0.3 is 4.74 Å². The van der Waals surface area contributed by atoms with E-state index in [9.17, 15) is 13.6 Å². The number of methoxy groups -OCH3 is 1. The zero-order valence-corrected chi connectivity index (χ0v) is 10.7. The van der Waals surface area contributed by atoms with Crippen LogP contribution in [0, 0.1) is 17.6 Å². The first kappa shape index (κ1) is 14.6. The monoisotopic (exact) mass is 257 g/mol. The molecule has 1 unspecified atom stereocenters. The average molecular weight is 257 g/mol. The lowest BCUT2D eigenvalue weighted by atomic mass is 10.0. The molecule has 1 aromatic rings. The maximum atomic E-state index is 13.4. The number of rotatable bonds is 5. The number of hydrogen-bond acceptors (Lipinski definition) is 3. The van der Waals surface area contributed by atoms with E-state index in [1.807, 2.05) is 13.8 Å². The van der Waals surface area contributed by atoms with Gasteiger partial charge in [-0.15, -0.1) is 0 Å². The van der Waals surface area contributed by atoms with Crippen LogP contribution in [0.4, 0.5) is 8.78 Å². The molecular formula is C13H17F2NO2. The molecule has 0 radical (unpaired) electrons. The standard InChI is InChI=1S/C13H17F2NO2/c1-8(2)12(13(17)18-3)16-7-9-6-10(14)4-5-11(9)15/h4-6,8,12,16H,7H2,1-3H3. The summed E-state index contributed by atoms with van der Waals surface area (Å²) < 4.78 is 31.0. The summed E-state index contributed by atoms with van der Waals surface area (Å²) in [6.07, 6.45) is 0. The second-order valence-electron chi connectivity index (χ2n) is 4.36. The van der Waals surface area contributed by atoms with Crippen molar-refractivity contribution in [3.05, 3.63) is 35.4 Å². The Balaban J connectivity index is 2.73. The van der Waals surface area contributed by atoms with Crippen LogP contribution in [-0.2, 0) is 16.1 Å². The van der Waals surface area contributed by atoms with Crippen molar-refractivity contribution in [1.82, 2.24) is 5.32 Å². The Morgan fingerprint density at radius 3 is 2.61 bits per heavy atom. The summed E-state index contributed by atoms with van der Waals surface area (Å²) in [5.74, 6) is -1.43. The second kappa shape index (κ2) is 6.44. The number of nitrogens with one attached hydrogen (secondary N) is 1. The van der Waals surface area contributed by atoms with Gasteiger partial charge in [-0.25, -0.2) is 8.78 Å². The fraction of sp³-hybridized carbons (Fsp3) is 0.462. The Kier molecular flexibility index (Phi) is 5.22. The third kappa shape index (κ3) is 3.77. The maximum Gasteiger partial charge on any atom is 0.323 e. The SMILES string of the molecule is COC(=O)C(NCc1cc(F)ccc1F)C(C)C. The van der Waals surface area contributed by atoms with Crippen LogP contribution >= 0.6 is 0 Å². The van der Waals surface area contributed by atoms with Crippen molar-refractivity contribution in [2.45, 2.75) is 26.4 Å². The molecule has 5 heteroatoms. The van der Waals surface area contributed by atoms with Gasteiger partial charge in [0.05, 0.1) is 7.11 Å². The zero-order valence-electron chi connectivity index (χ0n) is 10.7. The molecule has 0 heterocycles. The number of ether oxygens (including phenoxy) is 1. The number of carbonyl (C=O) groups is 1. The molecule has 0 aliphatic carbocycles. The van der Waals surface area contributed by atoms with E-state index >= 15 is 0 Å². The lowest BCUT2D eigenvalue weighted by Crippen LogP contribution is -2.41. The molecule has 0 spiro atoms. The second-order valence-corrected chi connectivity index (χ2v) is 4.36. The van der Waals surface area contributed by atoms with Crippen molar-refractivity contribution in [3.8, 4) is 0 Å². The highest BCUT2D eigenvalue weighted by molar-refractivity contribution is 5.75. The van der Waals surface area contributed by atoms with E-state index in [0.717, 1.165) is 18.2 Å². The maximum absolute atomic E-state index is 13.4. The molecule has 1 N–H and O–H groups in total. The summed E-state index contributed by atoms with van der Waals surface area (Å²) in [4.78, 5) is 11.5. The fourth-order valence-electron chi connectivity index (χ4n) is 1.62. The van der Waals surface area contributed by atoms with Gasteiger partial charge in [-0.05, 0) is 24.1 Å². The molecule has 0 bridgehead atoms. The summed E-state index contributed by atoms with van der Waals surface area (Å²) >= 11 is 0. The topological polar surface area (TPSA) is 38.3 Å². The van der Waals surface area contributed by atoms with Crippen LogP contribution in [0.5, 0.6) is 0 Å². The fourth-order valence-corrected chi connectivity index (χ4v) is 1.62. The van der Waals surface area contributed by atoms with Crippen LogP contribution in [0.2, 0.25) is 0 Å². The van der Waals surface area contributed by atoms with Crippen molar-refractivity contribution in [2.24, 2.45) is 5.92 Å². The van der Waals surface area contributed by atoms with Crippen molar-refractivity contribution < 1.29 is 18.3 Å². The Bertz CT molecular complexity index is 421. The van der Waals surface area contributed by atoms with E-state index in [4.69, 9.17) is 0 Å². The summed E-state index contributed by atoms with van der Waals surface area (Å²) in [6.45, 7) is 3.76. The van der Waals surface area contributed by atoms with Gasteiger partial charge in [0.25, 0.3) is 0 Å². The molecule has 1 atom stereocenters. The third-order valence-corrected chi connectivity index (χ3v) is 2.64. The van der Waals surface area contributed by atoms with Crippen LogP contribution < -0.4 is 5.32 Å². The lowest BCUT2D eigenvalue weighted by molar-refractivity contribution is -0.144. The summed E-state index contributed by atoms with van der Waals surface area (Å²) in [5.41, 5.74) is 0.185. The highest BCUT2D eigenvalue weighted by Crippen LogP contribution is 2.11. The molecule has 18 heavy (non-hydrogen) atoms. The van der Waals surface area contributed by atoms with Crippen LogP contribution in [0.3, 0.4) is 0 Å². The van der Waals surface area contributed by atoms with Crippen molar-refractivity contribution in [1.29, 1.82) is 0 Å². The van der Waals surface area contributed by atoms with Crippen molar-refractivity contribution in [2.75, 3.05) is 7.11 Å². The molecule has 1 aromatic carbocycles. The number of benzene rings is 1. The Morgan fingerprint density at radius 1 is 1.39 bits per heavy atom. The Morgan fingerprint density at radius 2 is 2.06 bits per heavy atom. The third-order valence-electron chi connectivity index (χ3n) is 2.64. The van der Waals surface area contributed by atoms with E-state index in [2.05, 4.69) is 10.1 Å². The van der Waals surface area contributed by atoms with Crippen LogP contribution in [0.15, 0.2) is 18.2 Å². The van der Waals surface area contributed by atoms with Crippen molar-refractivity contribution >= 4 is 5.97 Å². The van der Waals surface area contributed by atoms with Gasteiger partial charge in [-0.3, -0.25) is 10.1 Å². The first-order chi connectivity index (χ1) is 8.45. The highest BCUT2D eigenvalue weighted by Gasteiger charge is 2.22. The molecule has 0 amide bonds. The van der Waals surface area contributed by atoms with E-state index in [1.54, 1.807) is 0 Å². The molecule has 0 saturated carbocycles. The lowest BCUT2D eigenvalue weighted by Gasteiger charge is -2.20. The number of hydrogen-bond donors (Lipinski definition) is 1. The normalized spacial score (nSPS) is 12.6. The van der Waals surface area contributed by atoms with Crippen LogP contribution in [-0.4, -0.2) is 19.1 Å². The average Bonchev–Trinajstić information content (AvgIpc) is 2.32. The minimum absolute atomic E-state index is 0.00549. The Labute approximate surface area is 105 Å².